The molecule has 1 rings (SSSR count). The van der Waals surface area contributed by atoms with Crippen molar-refractivity contribution in [1.82, 2.24) is 15.5 Å². The molecule has 0 unspecified atom stereocenters. The molecule has 0 radical (unpaired) electrons. The zero-order valence-electron chi connectivity index (χ0n) is 11.3. The zero-order valence-corrected chi connectivity index (χ0v) is 11.3. The second kappa shape index (κ2) is 6.58. The first-order valence-corrected chi connectivity index (χ1v) is 6.44. The van der Waals surface area contributed by atoms with E-state index in [1.165, 1.54) is 4.90 Å². The van der Waals surface area contributed by atoms with Crippen molar-refractivity contribution < 1.29 is 9.59 Å². The van der Waals surface area contributed by atoms with E-state index in [4.69, 9.17) is 5.73 Å². The van der Waals surface area contributed by atoms with E-state index < -0.39 is 0 Å². The Bertz CT molecular complexity index is 298. The topological polar surface area (TPSA) is 87.5 Å². The molecular weight excluding hydrogens is 232 g/mol. The van der Waals surface area contributed by atoms with Crippen molar-refractivity contribution in [3.8, 4) is 0 Å². The Balaban J connectivity index is 2.12. The van der Waals surface area contributed by atoms with Crippen LogP contribution in [0.1, 0.15) is 32.1 Å². The predicted octanol–water partition coefficient (Wildman–Crippen LogP) is 0.0354. The van der Waals surface area contributed by atoms with Gasteiger partial charge in [-0.15, -0.1) is 0 Å². The Morgan fingerprint density at radius 2 is 1.72 bits per heavy atom. The van der Waals surface area contributed by atoms with E-state index in [0.29, 0.717) is 19.5 Å². The van der Waals surface area contributed by atoms with E-state index in [0.717, 1.165) is 25.7 Å². The second-order valence-electron chi connectivity index (χ2n) is 5.22. The molecule has 0 saturated heterocycles. The molecule has 6 nitrogen and oxygen atoms in total. The summed E-state index contributed by atoms with van der Waals surface area (Å²) in [5.41, 5.74) is 5.81. The van der Waals surface area contributed by atoms with Crippen LogP contribution < -0.4 is 16.4 Å². The molecule has 0 aromatic carbocycles. The van der Waals surface area contributed by atoms with Gasteiger partial charge < -0.3 is 21.3 Å². The highest BCUT2D eigenvalue weighted by Gasteiger charge is 2.31. The number of nitrogens with zero attached hydrogens (tertiary/aromatic N) is 1. The van der Waals surface area contributed by atoms with Crippen LogP contribution in [-0.2, 0) is 4.79 Å². The van der Waals surface area contributed by atoms with Gasteiger partial charge in [-0.25, -0.2) is 4.79 Å². The number of carbonyl (C=O) groups is 2. The lowest BCUT2D eigenvalue weighted by Gasteiger charge is -2.22. The first-order valence-electron chi connectivity index (χ1n) is 6.44. The van der Waals surface area contributed by atoms with Gasteiger partial charge in [0.25, 0.3) is 0 Å². The predicted molar refractivity (Wildman–Crippen MR) is 70.1 cm³/mol. The van der Waals surface area contributed by atoms with Crippen LogP contribution in [0, 0.1) is 0 Å². The zero-order chi connectivity index (χ0) is 13.6. The fourth-order valence-electron chi connectivity index (χ4n) is 2.17. The summed E-state index contributed by atoms with van der Waals surface area (Å²) >= 11 is 0. The third-order valence-electron chi connectivity index (χ3n) is 3.24. The number of amides is 3. The SMILES string of the molecule is CN(C)C(=O)NCCNC(=O)CC1(N)CCCC1. The molecule has 6 heteroatoms. The Kier molecular flexibility index (Phi) is 5.40. The Morgan fingerprint density at radius 3 is 2.28 bits per heavy atom. The van der Waals surface area contributed by atoms with Crippen LogP contribution in [-0.4, -0.2) is 49.6 Å². The number of nitrogens with two attached hydrogens (primary N) is 1. The molecule has 1 fully saturated rings. The van der Waals surface area contributed by atoms with E-state index >= 15 is 0 Å². The summed E-state index contributed by atoms with van der Waals surface area (Å²) in [6.45, 7) is 0.870. The Labute approximate surface area is 108 Å². The summed E-state index contributed by atoms with van der Waals surface area (Å²) in [6.07, 6.45) is 4.47. The van der Waals surface area contributed by atoms with Gasteiger partial charge in [-0.3, -0.25) is 4.79 Å². The van der Waals surface area contributed by atoms with Crippen LogP contribution >= 0.6 is 0 Å². The molecule has 0 bridgehead atoms. The van der Waals surface area contributed by atoms with Crippen LogP contribution in [0.3, 0.4) is 0 Å². The van der Waals surface area contributed by atoms with Gasteiger partial charge in [0.1, 0.15) is 0 Å². The third-order valence-corrected chi connectivity index (χ3v) is 3.24. The van der Waals surface area contributed by atoms with Crippen molar-refractivity contribution in [2.75, 3.05) is 27.2 Å². The molecule has 3 amide bonds. The van der Waals surface area contributed by atoms with Gasteiger partial charge in [0.05, 0.1) is 0 Å². The van der Waals surface area contributed by atoms with Crippen molar-refractivity contribution in [1.29, 1.82) is 0 Å². The summed E-state index contributed by atoms with van der Waals surface area (Å²) in [4.78, 5) is 24.3. The minimum Gasteiger partial charge on any atom is -0.354 e. The molecule has 0 atom stereocenters. The van der Waals surface area contributed by atoms with Crippen molar-refractivity contribution >= 4 is 11.9 Å². The standard InChI is InChI=1S/C12H24N4O2/c1-16(2)11(18)15-8-7-14-10(17)9-12(13)5-3-4-6-12/h3-9,13H2,1-2H3,(H,14,17)(H,15,18). The highest BCUT2D eigenvalue weighted by Crippen LogP contribution is 2.29. The molecule has 18 heavy (non-hydrogen) atoms. The van der Waals surface area contributed by atoms with E-state index in [1.54, 1.807) is 14.1 Å². The molecule has 0 aliphatic heterocycles. The van der Waals surface area contributed by atoms with E-state index in [1.807, 2.05) is 0 Å². The summed E-state index contributed by atoms with van der Waals surface area (Å²) in [5, 5.41) is 5.46. The quantitative estimate of drug-likeness (QED) is 0.607. The maximum absolute atomic E-state index is 11.7. The Morgan fingerprint density at radius 1 is 1.17 bits per heavy atom. The van der Waals surface area contributed by atoms with Crippen molar-refractivity contribution in [3.05, 3.63) is 0 Å². The van der Waals surface area contributed by atoms with Gasteiger partial charge >= 0.3 is 6.03 Å². The molecule has 4 N–H and O–H groups in total. The summed E-state index contributed by atoms with van der Waals surface area (Å²) in [7, 11) is 3.35. The first kappa shape index (κ1) is 14.8. The maximum Gasteiger partial charge on any atom is 0.316 e. The van der Waals surface area contributed by atoms with Crippen molar-refractivity contribution in [2.24, 2.45) is 5.73 Å². The fourth-order valence-corrected chi connectivity index (χ4v) is 2.17. The minimum absolute atomic E-state index is 0.0292. The maximum atomic E-state index is 11.7. The molecule has 1 aliphatic carbocycles. The molecule has 1 saturated carbocycles. The lowest BCUT2D eigenvalue weighted by Crippen LogP contribution is -2.44. The average molecular weight is 256 g/mol. The van der Waals surface area contributed by atoms with E-state index in [2.05, 4.69) is 10.6 Å². The van der Waals surface area contributed by atoms with Gasteiger partial charge in [-0.05, 0) is 12.8 Å². The highest BCUT2D eigenvalue weighted by atomic mass is 16.2. The number of hydrogen-bond donors (Lipinski definition) is 3. The summed E-state index contributed by atoms with van der Waals surface area (Å²) < 4.78 is 0. The number of nitrogens with one attached hydrogen (secondary N) is 2. The Hall–Kier alpha value is -1.30. The summed E-state index contributed by atoms with van der Waals surface area (Å²) in [6, 6.07) is -0.157. The monoisotopic (exact) mass is 256 g/mol. The van der Waals surface area contributed by atoms with Crippen LogP contribution in [0.5, 0.6) is 0 Å². The van der Waals surface area contributed by atoms with Gasteiger partial charge in [-0.2, -0.15) is 0 Å². The molecule has 1 aliphatic rings. The number of hydrogen-bond acceptors (Lipinski definition) is 3. The highest BCUT2D eigenvalue weighted by molar-refractivity contribution is 5.77. The minimum atomic E-state index is -0.309. The number of rotatable bonds is 5. The van der Waals surface area contributed by atoms with Crippen molar-refractivity contribution in [3.63, 3.8) is 0 Å². The van der Waals surface area contributed by atoms with Crippen LogP contribution in [0.15, 0.2) is 0 Å². The molecule has 0 spiro atoms. The lowest BCUT2D eigenvalue weighted by atomic mass is 9.94. The largest absolute Gasteiger partial charge is 0.354 e. The van der Waals surface area contributed by atoms with Gasteiger partial charge in [0.15, 0.2) is 0 Å². The van der Waals surface area contributed by atoms with E-state index in [9.17, 15) is 9.59 Å². The van der Waals surface area contributed by atoms with Gasteiger partial charge in [0, 0.05) is 39.1 Å². The second-order valence-corrected chi connectivity index (χ2v) is 5.22. The van der Waals surface area contributed by atoms with Crippen LogP contribution in [0.4, 0.5) is 4.79 Å². The van der Waals surface area contributed by atoms with Gasteiger partial charge in [-0.1, -0.05) is 12.8 Å². The smallest absolute Gasteiger partial charge is 0.316 e. The fraction of sp³-hybridized carbons (Fsp3) is 0.833. The van der Waals surface area contributed by atoms with Crippen LogP contribution in [0.2, 0.25) is 0 Å². The average Bonchev–Trinajstić information content (AvgIpc) is 2.70. The normalized spacial score (nSPS) is 17.3. The number of urea groups is 1. The number of carbonyl (C=O) groups excluding carboxylic acids is 2. The molecule has 0 aromatic rings. The van der Waals surface area contributed by atoms with Crippen molar-refractivity contribution in [2.45, 2.75) is 37.6 Å². The lowest BCUT2D eigenvalue weighted by molar-refractivity contribution is -0.122. The molecule has 0 aromatic heterocycles. The third kappa shape index (κ3) is 4.91. The molecule has 0 heterocycles. The summed E-state index contributed by atoms with van der Waals surface area (Å²) in [5.74, 6) is -0.0292. The first-order chi connectivity index (χ1) is 8.43. The molecular formula is C12H24N4O2. The van der Waals surface area contributed by atoms with Gasteiger partial charge in [0.2, 0.25) is 5.91 Å². The molecule has 104 valence electrons. The van der Waals surface area contributed by atoms with Crippen LogP contribution in [0.25, 0.3) is 0 Å². The van der Waals surface area contributed by atoms with E-state index in [-0.39, 0.29) is 17.5 Å².